The highest BCUT2D eigenvalue weighted by Crippen LogP contribution is 2.43. The number of aliphatic hydroxyl groups is 2. The van der Waals surface area contributed by atoms with Gasteiger partial charge >= 0.3 is 18.2 Å². The number of halogens is 5. The first-order valence-electron chi connectivity index (χ1n) is 11.6. The molecule has 39 heavy (non-hydrogen) atoms. The number of pyridine rings is 1. The third-order valence-electron chi connectivity index (χ3n) is 6.20. The second kappa shape index (κ2) is 11.4. The maximum Gasteiger partial charge on any atom is 0.416 e. The van der Waals surface area contributed by atoms with Gasteiger partial charge in [0.15, 0.2) is 5.82 Å². The van der Waals surface area contributed by atoms with Crippen molar-refractivity contribution in [1.82, 2.24) is 15.0 Å². The molecule has 1 unspecified atom stereocenters. The first-order chi connectivity index (χ1) is 18.1. The molecule has 1 aromatic carbocycles. The molecule has 3 N–H and O–H groups in total. The maximum absolute atomic E-state index is 13.5. The van der Waals surface area contributed by atoms with Crippen molar-refractivity contribution in [3.05, 3.63) is 53.2 Å². The molecule has 3 aromatic rings. The normalized spacial score (nSPS) is 16.8. The number of aliphatic hydroxyl groups excluding tert-OH is 2. The van der Waals surface area contributed by atoms with Gasteiger partial charge in [0, 0.05) is 24.8 Å². The van der Waals surface area contributed by atoms with Crippen molar-refractivity contribution in [3.8, 4) is 17.3 Å². The molecule has 15 heteroatoms. The van der Waals surface area contributed by atoms with Gasteiger partial charge in [0.1, 0.15) is 18.5 Å². The van der Waals surface area contributed by atoms with Crippen LogP contribution in [-0.4, -0.2) is 69.6 Å². The van der Waals surface area contributed by atoms with Crippen molar-refractivity contribution >= 4 is 47.4 Å². The summed E-state index contributed by atoms with van der Waals surface area (Å²) in [5.41, 5.74) is 0.0529. The number of alkyl halides is 3. The Bertz CT molecular complexity index is 1370. The predicted octanol–water partition coefficient (Wildman–Crippen LogP) is 4.00. The predicted molar refractivity (Wildman–Crippen MR) is 140 cm³/mol. The van der Waals surface area contributed by atoms with Crippen molar-refractivity contribution in [2.75, 3.05) is 41.4 Å². The van der Waals surface area contributed by atoms with Gasteiger partial charge in [-0.1, -0.05) is 23.7 Å². The highest BCUT2D eigenvalue weighted by Gasteiger charge is 2.41. The fourth-order valence-corrected chi connectivity index (χ4v) is 4.66. The molecule has 0 spiro atoms. The molecule has 2 aliphatic heterocycles. The lowest BCUT2D eigenvalue weighted by Gasteiger charge is -2.36. The third-order valence-corrected chi connectivity index (χ3v) is 6.49. The van der Waals surface area contributed by atoms with Crippen LogP contribution in [0.5, 0.6) is 6.01 Å². The average molecular weight is 587 g/mol. The third kappa shape index (κ3) is 5.96. The van der Waals surface area contributed by atoms with Gasteiger partial charge < -0.3 is 19.8 Å². The maximum atomic E-state index is 13.5. The molecule has 1 fully saturated rings. The molecule has 2 aliphatic rings. The molecule has 5 rings (SSSR count). The van der Waals surface area contributed by atoms with Crippen LogP contribution in [0.1, 0.15) is 12.0 Å². The van der Waals surface area contributed by atoms with Crippen molar-refractivity contribution in [2.24, 2.45) is 0 Å². The van der Waals surface area contributed by atoms with Crippen LogP contribution in [-0.2, 0) is 6.18 Å². The molecule has 0 radical (unpaired) electrons. The second-order valence-corrected chi connectivity index (χ2v) is 9.21. The van der Waals surface area contributed by atoms with Gasteiger partial charge in [-0.3, -0.25) is 10.2 Å². The Morgan fingerprint density at radius 3 is 2.79 bits per heavy atom. The smallest absolute Gasteiger partial charge is 0.416 e. The first-order valence-corrected chi connectivity index (χ1v) is 12.0. The average Bonchev–Trinajstić information content (AvgIpc) is 3.31. The summed E-state index contributed by atoms with van der Waals surface area (Å²) in [6.45, 7) is 0.455. The van der Waals surface area contributed by atoms with E-state index in [0.717, 1.165) is 12.1 Å². The molecule has 2 aromatic heterocycles. The summed E-state index contributed by atoms with van der Waals surface area (Å²) in [6.07, 6.45) is -3.65. The molecule has 2 atom stereocenters. The number of ether oxygens (including phenoxy) is 1. The minimum atomic E-state index is -4.54. The summed E-state index contributed by atoms with van der Waals surface area (Å²) in [5.74, 6) is 0.386. The van der Waals surface area contributed by atoms with Crippen LogP contribution in [0.4, 0.5) is 35.3 Å². The Hall–Kier alpha value is -3.39. The van der Waals surface area contributed by atoms with Crippen molar-refractivity contribution < 1.29 is 32.9 Å². The number of benzene rings is 1. The highest BCUT2D eigenvalue weighted by molar-refractivity contribution is 6.33. The van der Waals surface area contributed by atoms with Gasteiger partial charge in [-0.05, 0) is 30.7 Å². The van der Waals surface area contributed by atoms with E-state index in [2.05, 4.69) is 20.3 Å². The molecule has 2 bridgehead atoms. The highest BCUT2D eigenvalue weighted by atomic mass is 35.5. The fraction of sp³-hybridized carbons (Fsp3) is 0.333. The second-order valence-electron chi connectivity index (χ2n) is 8.80. The Balaban J connectivity index is 0.00000353. The Morgan fingerprint density at radius 1 is 1.26 bits per heavy atom. The lowest BCUT2D eigenvalue weighted by molar-refractivity contribution is -0.137. The number of aromatic nitrogens is 3. The van der Waals surface area contributed by atoms with E-state index in [4.69, 9.17) is 21.4 Å². The number of urea groups is 1. The van der Waals surface area contributed by atoms with E-state index in [1.54, 1.807) is 6.07 Å². The molecular formula is C24H23Cl2F3N6O4. The van der Waals surface area contributed by atoms with Crippen LogP contribution in [0, 0.1) is 0 Å². The van der Waals surface area contributed by atoms with E-state index >= 15 is 0 Å². The number of nitrogens with one attached hydrogen (secondary N) is 1. The lowest BCUT2D eigenvalue weighted by atomic mass is 10.1. The van der Waals surface area contributed by atoms with Crippen LogP contribution in [0.2, 0.25) is 5.02 Å². The largest absolute Gasteiger partial charge is 0.461 e. The number of fused-ring (bicyclic) bond motifs is 4. The number of rotatable bonds is 6. The number of anilines is 3. The van der Waals surface area contributed by atoms with Crippen LogP contribution >= 0.6 is 24.0 Å². The van der Waals surface area contributed by atoms with E-state index in [0.29, 0.717) is 25.2 Å². The number of carbonyl (C=O) groups is 1. The summed E-state index contributed by atoms with van der Waals surface area (Å²) >= 11 is 6.48. The van der Waals surface area contributed by atoms with Gasteiger partial charge in [0.05, 0.1) is 34.6 Å². The Morgan fingerprint density at radius 2 is 2.05 bits per heavy atom. The SMILES string of the molecule is Cl.O=C(Nc1ccnc(OCC(O)CO)n1)N1c2nc(-c3cccc(C(F)(F)F)c3)c(Cl)cc2N2CC[C@H]1C2. The number of hydrogen-bond donors (Lipinski definition) is 3. The van der Waals surface area contributed by atoms with E-state index in [1.165, 1.54) is 29.3 Å². The number of amides is 2. The summed E-state index contributed by atoms with van der Waals surface area (Å²) in [6, 6.07) is 6.86. The quantitative estimate of drug-likeness (QED) is 0.396. The van der Waals surface area contributed by atoms with Crippen LogP contribution in [0.3, 0.4) is 0 Å². The number of hydrogen-bond acceptors (Lipinski definition) is 8. The standard InChI is InChI=1S/C24H22ClF3N6O4.ClH/c25-17-9-18-21(32-20(17)13-2-1-3-14(8-13)24(26,27)28)34(15-5-7-33(18)10-15)23(37)31-19-4-6-29-22(30-19)38-12-16(36)11-35;/h1-4,6,8-9,15-16,35-36H,5,7,10-12H2,(H,29,30,31,37);1H/t15-,16?;/m0./s1. The zero-order valence-corrected chi connectivity index (χ0v) is 21.7. The zero-order valence-electron chi connectivity index (χ0n) is 20.1. The van der Waals surface area contributed by atoms with E-state index in [9.17, 15) is 23.1 Å². The summed E-state index contributed by atoms with van der Waals surface area (Å²) in [7, 11) is 0. The number of nitrogens with zero attached hydrogens (tertiary/aromatic N) is 5. The van der Waals surface area contributed by atoms with E-state index in [-0.39, 0.29) is 59.0 Å². The van der Waals surface area contributed by atoms with Crippen molar-refractivity contribution in [1.29, 1.82) is 0 Å². The number of carbonyl (C=O) groups excluding carboxylic acids is 1. The molecule has 1 saturated heterocycles. The Labute approximate surface area is 231 Å². The van der Waals surface area contributed by atoms with Crippen LogP contribution in [0.15, 0.2) is 42.6 Å². The van der Waals surface area contributed by atoms with Crippen molar-refractivity contribution in [2.45, 2.75) is 24.7 Å². The van der Waals surface area contributed by atoms with E-state index < -0.39 is 30.5 Å². The van der Waals surface area contributed by atoms with Crippen LogP contribution in [0.25, 0.3) is 11.3 Å². The van der Waals surface area contributed by atoms with Crippen LogP contribution < -0.4 is 19.9 Å². The molecular weight excluding hydrogens is 564 g/mol. The minimum absolute atomic E-state index is 0. The molecule has 0 saturated carbocycles. The molecule has 0 aliphatic carbocycles. The Kier molecular flexibility index (Phi) is 8.35. The van der Waals surface area contributed by atoms with Gasteiger partial charge in [-0.15, -0.1) is 12.4 Å². The zero-order chi connectivity index (χ0) is 27.0. The molecule has 10 nitrogen and oxygen atoms in total. The molecule has 2 amide bonds. The van der Waals surface area contributed by atoms with Gasteiger partial charge in [-0.25, -0.2) is 14.8 Å². The fourth-order valence-electron chi connectivity index (χ4n) is 4.40. The monoisotopic (exact) mass is 586 g/mol. The van der Waals surface area contributed by atoms with E-state index in [1.807, 2.05) is 4.90 Å². The topological polar surface area (TPSA) is 124 Å². The molecule has 4 heterocycles. The van der Waals surface area contributed by atoms with Gasteiger partial charge in [0.25, 0.3) is 0 Å². The summed E-state index contributed by atoms with van der Waals surface area (Å²) < 4.78 is 45.2. The van der Waals surface area contributed by atoms with Gasteiger partial charge in [-0.2, -0.15) is 18.2 Å². The summed E-state index contributed by atoms with van der Waals surface area (Å²) in [4.78, 5) is 29.5. The first kappa shape index (κ1) is 28.6. The minimum Gasteiger partial charge on any atom is -0.461 e. The van der Waals surface area contributed by atoms with Crippen molar-refractivity contribution in [3.63, 3.8) is 0 Å². The molecule has 208 valence electrons. The van der Waals surface area contributed by atoms with Gasteiger partial charge in [0.2, 0.25) is 0 Å². The lowest BCUT2D eigenvalue weighted by Crippen LogP contribution is -2.48. The summed E-state index contributed by atoms with van der Waals surface area (Å²) in [5, 5.41) is 21.2.